The van der Waals surface area contributed by atoms with Gasteiger partial charge in [-0.2, -0.15) is 0 Å². The van der Waals surface area contributed by atoms with E-state index in [0.29, 0.717) is 0 Å². The van der Waals surface area contributed by atoms with Gasteiger partial charge < -0.3 is 15.8 Å². The lowest BCUT2D eigenvalue weighted by Gasteiger charge is -2.21. The number of sulfone groups is 1. The number of aryl methyl sites for hydroxylation is 2. The second-order valence-electron chi connectivity index (χ2n) is 5.62. The number of ether oxygens (including phenoxy) is 1. The number of hydrogen-bond acceptors (Lipinski definition) is 4. The van der Waals surface area contributed by atoms with Gasteiger partial charge in [0.15, 0.2) is 15.8 Å². The first-order valence-corrected chi connectivity index (χ1v) is 9.77. The molecule has 128 valence electrons. The van der Waals surface area contributed by atoms with Gasteiger partial charge in [-0.3, -0.25) is 4.99 Å². The third kappa shape index (κ3) is 4.94. The van der Waals surface area contributed by atoms with Gasteiger partial charge in [-0.05, 0) is 24.0 Å². The lowest BCUT2D eigenvalue weighted by atomic mass is 10.0. The number of para-hydroxylation sites is 1. The van der Waals surface area contributed by atoms with Crippen molar-refractivity contribution in [3.05, 3.63) is 29.3 Å². The molecular weight excluding hydrogens is 314 g/mol. The molecule has 1 aliphatic heterocycles. The number of nitrogens with zero attached hydrogens (tertiary/aromatic N) is 1. The fourth-order valence-electron chi connectivity index (χ4n) is 2.63. The fraction of sp³-hybridized carbons (Fsp3) is 0.562. The van der Waals surface area contributed by atoms with Crippen molar-refractivity contribution in [1.29, 1.82) is 0 Å². The predicted molar refractivity (Wildman–Crippen MR) is 93.7 cm³/mol. The number of anilines is 1. The van der Waals surface area contributed by atoms with E-state index in [2.05, 4.69) is 36.3 Å². The van der Waals surface area contributed by atoms with E-state index in [4.69, 9.17) is 10.5 Å². The Morgan fingerprint density at radius 1 is 1.35 bits per heavy atom. The highest BCUT2D eigenvalue weighted by Crippen LogP contribution is 2.22. The molecule has 0 radical (unpaired) electrons. The molecule has 23 heavy (non-hydrogen) atoms. The molecule has 0 saturated carbocycles. The highest BCUT2D eigenvalue weighted by molar-refractivity contribution is 7.91. The Labute approximate surface area is 138 Å². The average molecular weight is 339 g/mol. The first-order valence-electron chi connectivity index (χ1n) is 7.95. The van der Waals surface area contributed by atoms with Crippen molar-refractivity contribution in [2.45, 2.75) is 32.8 Å². The molecule has 1 aromatic carbocycles. The largest absolute Gasteiger partial charge is 0.374 e. The molecule has 1 aromatic rings. The quantitative estimate of drug-likeness (QED) is 0.624. The van der Waals surface area contributed by atoms with Crippen LogP contribution in [-0.2, 0) is 27.4 Å². The molecule has 1 atom stereocenters. The number of nitrogens with one attached hydrogen (secondary N) is 1. The topological polar surface area (TPSA) is 93.8 Å². The van der Waals surface area contributed by atoms with Crippen LogP contribution in [0.4, 0.5) is 5.69 Å². The maximum absolute atomic E-state index is 11.6. The minimum absolute atomic E-state index is 0.00946. The van der Waals surface area contributed by atoms with Crippen molar-refractivity contribution < 1.29 is 13.2 Å². The van der Waals surface area contributed by atoms with Gasteiger partial charge in [-0.15, -0.1) is 0 Å². The van der Waals surface area contributed by atoms with E-state index in [1.807, 2.05) is 6.07 Å². The molecule has 6 nitrogen and oxygen atoms in total. The highest BCUT2D eigenvalue weighted by Gasteiger charge is 2.25. The summed E-state index contributed by atoms with van der Waals surface area (Å²) in [4.78, 5) is 4.25. The van der Waals surface area contributed by atoms with E-state index in [1.165, 1.54) is 11.1 Å². The molecule has 1 saturated heterocycles. The maximum Gasteiger partial charge on any atom is 0.193 e. The SMILES string of the molecule is CCc1cccc(CC)c1NC(N)=NCC1CS(=O)(=O)CCO1. The zero-order valence-corrected chi connectivity index (χ0v) is 14.5. The number of benzene rings is 1. The smallest absolute Gasteiger partial charge is 0.193 e. The Bertz CT molecular complexity index is 649. The van der Waals surface area contributed by atoms with Crippen LogP contribution in [0.5, 0.6) is 0 Å². The Morgan fingerprint density at radius 3 is 2.57 bits per heavy atom. The molecule has 0 bridgehead atoms. The molecule has 3 N–H and O–H groups in total. The first kappa shape index (κ1) is 17.7. The standard InChI is InChI=1S/C16H25N3O3S/c1-3-12-6-5-7-13(4-2)15(12)19-16(17)18-10-14-11-23(20,21)9-8-22-14/h5-7,14H,3-4,8-11H2,1-2H3,(H3,17,18,19). The van der Waals surface area contributed by atoms with Crippen molar-refractivity contribution in [3.63, 3.8) is 0 Å². The van der Waals surface area contributed by atoms with E-state index < -0.39 is 15.9 Å². The van der Waals surface area contributed by atoms with Crippen molar-refractivity contribution in [2.75, 3.05) is 30.0 Å². The second-order valence-corrected chi connectivity index (χ2v) is 7.85. The van der Waals surface area contributed by atoms with Gasteiger partial charge in [0.2, 0.25) is 0 Å². The van der Waals surface area contributed by atoms with Gasteiger partial charge in [0.25, 0.3) is 0 Å². The summed E-state index contributed by atoms with van der Waals surface area (Å²) in [6.45, 7) is 4.66. The number of guanidine groups is 1. The molecule has 1 unspecified atom stereocenters. The van der Waals surface area contributed by atoms with Gasteiger partial charge in [-0.1, -0.05) is 32.0 Å². The van der Waals surface area contributed by atoms with Crippen molar-refractivity contribution in [3.8, 4) is 0 Å². The van der Waals surface area contributed by atoms with E-state index in [0.717, 1.165) is 18.5 Å². The molecule has 1 aliphatic rings. The summed E-state index contributed by atoms with van der Waals surface area (Å²) >= 11 is 0. The van der Waals surface area contributed by atoms with Gasteiger partial charge in [0, 0.05) is 5.69 Å². The van der Waals surface area contributed by atoms with Crippen LogP contribution in [-0.4, -0.2) is 45.1 Å². The predicted octanol–water partition coefficient (Wildman–Crippen LogP) is 1.35. The van der Waals surface area contributed by atoms with E-state index in [1.54, 1.807) is 0 Å². The van der Waals surface area contributed by atoms with E-state index >= 15 is 0 Å². The van der Waals surface area contributed by atoms with Gasteiger partial charge in [0.1, 0.15) is 0 Å². The molecule has 7 heteroatoms. The summed E-state index contributed by atoms with van der Waals surface area (Å²) in [5.41, 5.74) is 9.33. The summed E-state index contributed by atoms with van der Waals surface area (Å²) in [5, 5.41) is 3.16. The van der Waals surface area contributed by atoms with Crippen LogP contribution < -0.4 is 11.1 Å². The number of aliphatic imine (C=N–C) groups is 1. The third-order valence-electron chi connectivity index (χ3n) is 3.90. The van der Waals surface area contributed by atoms with Crippen LogP contribution in [0.1, 0.15) is 25.0 Å². The minimum atomic E-state index is -3.02. The first-order chi connectivity index (χ1) is 10.9. The van der Waals surface area contributed by atoms with E-state index in [9.17, 15) is 8.42 Å². The zero-order valence-electron chi connectivity index (χ0n) is 13.7. The summed E-state index contributed by atoms with van der Waals surface area (Å²) in [5.74, 6) is 0.382. The van der Waals surface area contributed by atoms with Crippen LogP contribution in [0.2, 0.25) is 0 Å². The summed E-state index contributed by atoms with van der Waals surface area (Å²) in [7, 11) is -3.02. The van der Waals surface area contributed by atoms with Gasteiger partial charge in [0.05, 0.1) is 30.8 Å². The van der Waals surface area contributed by atoms with Crippen LogP contribution in [0.3, 0.4) is 0 Å². The monoisotopic (exact) mass is 339 g/mol. The van der Waals surface area contributed by atoms with Gasteiger partial charge >= 0.3 is 0 Å². The molecular formula is C16H25N3O3S. The van der Waals surface area contributed by atoms with Crippen LogP contribution in [0.25, 0.3) is 0 Å². The third-order valence-corrected chi connectivity index (χ3v) is 5.57. The molecule has 1 heterocycles. The fourth-order valence-corrected chi connectivity index (χ4v) is 3.92. The maximum atomic E-state index is 11.6. The van der Waals surface area contributed by atoms with Crippen molar-refractivity contribution in [2.24, 2.45) is 10.7 Å². The van der Waals surface area contributed by atoms with E-state index in [-0.39, 0.29) is 30.6 Å². The number of rotatable bonds is 5. The molecule has 0 spiro atoms. The lowest BCUT2D eigenvalue weighted by Crippen LogP contribution is -2.37. The zero-order chi connectivity index (χ0) is 16.9. The lowest BCUT2D eigenvalue weighted by molar-refractivity contribution is 0.0783. The second kappa shape index (κ2) is 7.79. The van der Waals surface area contributed by atoms with Crippen molar-refractivity contribution >= 4 is 21.5 Å². The molecule has 0 aromatic heterocycles. The summed E-state index contributed by atoms with van der Waals surface area (Å²) in [6, 6.07) is 6.16. The molecule has 0 aliphatic carbocycles. The molecule has 0 amide bonds. The number of hydrogen-bond donors (Lipinski definition) is 2. The molecule has 2 rings (SSSR count). The van der Waals surface area contributed by atoms with Crippen LogP contribution in [0, 0.1) is 0 Å². The van der Waals surface area contributed by atoms with Gasteiger partial charge in [-0.25, -0.2) is 8.42 Å². The van der Waals surface area contributed by atoms with Crippen LogP contribution >= 0.6 is 0 Å². The minimum Gasteiger partial charge on any atom is -0.374 e. The van der Waals surface area contributed by atoms with Crippen LogP contribution in [0.15, 0.2) is 23.2 Å². The Kier molecular flexibility index (Phi) is 6.01. The summed E-state index contributed by atoms with van der Waals surface area (Å²) < 4.78 is 28.6. The number of nitrogens with two attached hydrogens (primary N) is 1. The molecule has 1 fully saturated rings. The Hall–Kier alpha value is -1.60. The normalized spacial score (nSPS) is 21.1. The van der Waals surface area contributed by atoms with Crippen molar-refractivity contribution in [1.82, 2.24) is 0 Å². The Morgan fingerprint density at radius 2 is 2.00 bits per heavy atom. The summed E-state index contributed by atoms with van der Waals surface area (Å²) in [6.07, 6.45) is 1.38. The average Bonchev–Trinajstić information content (AvgIpc) is 2.52. The Balaban J connectivity index is 2.05. The highest BCUT2D eigenvalue weighted by atomic mass is 32.2.